The summed E-state index contributed by atoms with van der Waals surface area (Å²) < 4.78 is 29.5. The second-order valence-electron chi connectivity index (χ2n) is 4.21. The fourth-order valence-corrected chi connectivity index (χ4v) is 3.98. The predicted octanol–water partition coefficient (Wildman–Crippen LogP) is 2.01. The van der Waals surface area contributed by atoms with Gasteiger partial charge >= 0.3 is 0 Å². The Balaban J connectivity index is 2.11. The van der Waals surface area contributed by atoms with Crippen LogP contribution in [0.5, 0.6) is 0 Å². The number of sulfonamides is 1. The molecule has 0 radical (unpaired) electrons. The van der Waals surface area contributed by atoms with Gasteiger partial charge in [-0.25, -0.2) is 18.1 Å². The van der Waals surface area contributed by atoms with Crippen molar-refractivity contribution in [2.45, 2.75) is 24.4 Å². The van der Waals surface area contributed by atoms with Crippen molar-refractivity contribution >= 4 is 26.0 Å². The van der Waals surface area contributed by atoms with Crippen LogP contribution in [0.1, 0.15) is 6.92 Å². The molecule has 0 spiro atoms. The lowest BCUT2D eigenvalue weighted by Gasteiger charge is -2.15. The maximum atomic E-state index is 12.2. The second-order valence-corrected chi connectivity index (χ2v) is 6.75. The molecule has 0 fully saturated rings. The molecule has 0 amide bonds. The van der Waals surface area contributed by atoms with Crippen LogP contribution in [-0.2, 0) is 16.6 Å². The fraction of sp³-hybridized carbons (Fsp3) is 0.250. The molecule has 0 saturated heterocycles. The Bertz CT molecular complexity index is 641. The highest BCUT2D eigenvalue weighted by Crippen LogP contribution is 2.21. The van der Waals surface area contributed by atoms with E-state index in [9.17, 15) is 8.42 Å². The van der Waals surface area contributed by atoms with Gasteiger partial charge in [-0.3, -0.25) is 0 Å². The van der Waals surface area contributed by atoms with Crippen molar-refractivity contribution in [1.82, 2.24) is 14.3 Å². The number of hydrogen-bond acceptors (Lipinski definition) is 3. The summed E-state index contributed by atoms with van der Waals surface area (Å²) >= 11 is 3.25. The Hall–Kier alpha value is -1.18. The van der Waals surface area contributed by atoms with Crippen LogP contribution >= 0.6 is 15.9 Å². The van der Waals surface area contributed by atoms with Crippen molar-refractivity contribution in [3.63, 3.8) is 0 Å². The summed E-state index contributed by atoms with van der Waals surface area (Å²) in [5.74, 6) is 0. The number of aromatic nitrogens is 2. The number of nitrogens with one attached hydrogen (secondary N) is 1. The van der Waals surface area contributed by atoms with Gasteiger partial charge in [0, 0.05) is 29.5 Å². The lowest BCUT2D eigenvalue weighted by atomic mass is 10.4. The van der Waals surface area contributed by atoms with Crippen LogP contribution in [0.15, 0.2) is 52.4 Å². The van der Waals surface area contributed by atoms with Gasteiger partial charge in [0.2, 0.25) is 10.0 Å². The maximum absolute atomic E-state index is 12.2. The van der Waals surface area contributed by atoms with Crippen LogP contribution in [0.3, 0.4) is 0 Å². The highest BCUT2D eigenvalue weighted by Gasteiger charge is 2.19. The highest BCUT2D eigenvalue weighted by molar-refractivity contribution is 9.10. The lowest BCUT2D eigenvalue weighted by Crippen LogP contribution is -2.35. The van der Waals surface area contributed by atoms with E-state index in [4.69, 9.17) is 0 Å². The van der Waals surface area contributed by atoms with Gasteiger partial charge in [0.1, 0.15) is 0 Å². The SMILES string of the molecule is CC(Cn1ccnc1)NS(=O)(=O)c1ccccc1Br. The van der Waals surface area contributed by atoms with Crippen molar-refractivity contribution in [2.24, 2.45) is 0 Å². The number of nitrogens with zero attached hydrogens (tertiary/aromatic N) is 2. The monoisotopic (exact) mass is 343 g/mol. The zero-order valence-corrected chi connectivity index (χ0v) is 12.7. The fourth-order valence-electron chi connectivity index (χ4n) is 1.74. The first-order valence-electron chi connectivity index (χ1n) is 5.71. The molecule has 1 aromatic carbocycles. The van der Waals surface area contributed by atoms with Crippen LogP contribution in [-0.4, -0.2) is 24.0 Å². The van der Waals surface area contributed by atoms with Crippen LogP contribution < -0.4 is 4.72 Å². The van der Waals surface area contributed by atoms with Gasteiger partial charge in [-0.2, -0.15) is 0 Å². The summed E-state index contributed by atoms with van der Waals surface area (Å²) in [5, 5.41) is 0. The molecular formula is C12H14BrN3O2S. The van der Waals surface area contributed by atoms with E-state index in [0.29, 0.717) is 11.0 Å². The number of imidazole rings is 1. The summed E-state index contributed by atoms with van der Waals surface area (Å²) in [6.07, 6.45) is 5.11. The Morgan fingerprint density at radius 2 is 2.16 bits per heavy atom. The van der Waals surface area contributed by atoms with Crippen molar-refractivity contribution < 1.29 is 8.42 Å². The molecule has 102 valence electrons. The van der Waals surface area contributed by atoms with Crippen molar-refractivity contribution in [1.29, 1.82) is 0 Å². The number of rotatable bonds is 5. The standard InChI is InChI=1S/C12H14BrN3O2S/c1-10(8-16-7-6-14-9-16)15-19(17,18)12-5-3-2-4-11(12)13/h2-7,9-10,15H,8H2,1H3. The van der Waals surface area contributed by atoms with E-state index >= 15 is 0 Å². The molecule has 19 heavy (non-hydrogen) atoms. The molecule has 1 heterocycles. The Morgan fingerprint density at radius 1 is 1.42 bits per heavy atom. The molecule has 1 aromatic heterocycles. The molecular weight excluding hydrogens is 330 g/mol. The van der Waals surface area contributed by atoms with E-state index in [1.807, 2.05) is 11.5 Å². The van der Waals surface area contributed by atoms with E-state index in [-0.39, 0.29) is 10.9 Å². The summed E-state index contributed by atoms with van der Waals surface area (Å²) in [7, 11) is -3.52. The third-order valence-corrected chi connectivity index (χ3v) is 5.13. The quantitative estimate of drug-likeness (QED) is 0.903. The van der Waals surface area contributed by atoms with E-state index in [1.54, 1.807) is 43.0 Å². The first-order chi connectivity index (χ1) is 8.99. The largest absolute Gasteiger partial charge is 0.336 e. The zero-order valence-electron chi connectivity index (χ0n) is 10.3. The first kappa shape index (κ1) is 14.2. The molecule has 2 aromatic rings. The molecule has 0 aliphatic heterocycles. The smallest absolute Gasteiger partial charge is 0.241 e. The molecule has 0 bridgehead atoms. The number of halogens is 1. The van der Waals surface area contributed by atoms with Gasteiger partial charge in [0.15, 0.2) is 0 Å². The van der Waals surface area contributed by atoms with Gasteiger partial charge < -0.3 is 4.57 Å². The molecule has 1 atom stereocenters. The summed E-state index contributed by atoms with van der Waals surface area (Å²) in [5.41, 5.74) is 0. The minimum absolute atomic E-state index is 0.230. The average molecular weight is 344 g/mol. The zero-order chi connectivity index (χ0) is 13.9. The van der Waals surface area contributed by atoms with Crippen LogP contribution in [0.25, 0.3) is 0 Å². The van der Waals surface area contributed by atoms with E-state index in [2.05, 4.69) is 25.6 Å². The molecule has 2 rings (SSSR count). The van der Waals surface area contributed by atoms with Gasteiger partial charge in [0.05, 0.1) is 11.2 Å². The average Bonchev–Trinajstić information content (AvgIpc) is 2.81. The number of hydrogen-bond donors (Lipinski definition) is 1. The van der Waals surface area contributed by atoms with Crippen molar-refractivity contribution in [3.8, 4) is 0 Å². The number of benzene rings is 1. The first-order valence-corrected chi connectivity index (χ1v) is 7.99. The minimum Gasteiger partial charge on any atom is -0.336 e. The predicted molar refractivity (Wildman–Crippen MR) is 76.2 cm³/mol. The van der Waals surface area contributed by atoms with Crippen LogP contribution in [0, 0.1) is 0 Å². The van der Waals surface area contributed by atoms with Crippen LogP contribution in [0.4, 0.5) is 0 Å². The Labute approximate surface area is 120 Å². The van der Waals surface area contributed by atoms with Crippen molar-refractivity contribution in [2.75, 3.05) is 0 Å². The maximum Gasteiger partial charge on any atom is 0.241 e. The molecule has 0 saturated carbocycles. The summed E-state index contributed by atoms with van der Waals surface area (Å²) in [4.78, 5) is 4.17. The van der Waals surface area contributed by atoms with Gasteiger partial charge in [-0.05, 0) is 35.0 Å². The van der Waals surface area contributed by atoms with Gasteiger partial charge in [-0.15, -0.1) is 0 Å². The van der Waals surface area contributed by atoms with E-state index in [1.165, 1.54) is 0 Å². The topological polar surface area (TPSA) is 64.0 Å². The van der Waals surface area contributed by atoms with Gasteiger partial charge in [0.25, 0.3) is 0 Å². The van der Waals surface area contributed by atoms with Gasteiger partial charge in [-0.1, -0.05) is 12.1 Å². The van der Waals surface area contributed by atoms with Crippen LogP contribution in [0.2, 0.25) is 0 Å². The normalized spacial score (nSPS) is 13.4. The summed E-state index contributed by atoms with van der Waals surface area (Å²) in [6, 6.07) is 6.51. The molecule has 5 nitrogen and oxygen atoms in total. The molecule has 0 aliphatic rings. The molecule has 7 heteroatoms. The Morgan fingerprint density at radius 3 is 2.79 bits per heavy atom. The van der Waals surface area contributed by atoms with E-state index < -0.39 is 10.0 Å². The molecule has 1 N–H and O–H groups in total. The van der Waals surface area contributed by atoms with Crippen molar-refractivity contribution in [3.05, 3.63) is 47.5 Å². The lowest BCUT2D eigenvalue weighted by molar-refractivity contribution is 0.520. The van der Waals surface area contributed by atoms with E-state index in [0.717, 1.165) is 0 Å². The Kier molecular flexibility index (Phi) is 4.38. The highest BCUT2D eigenvalue weighted by atomic mass is 79.9. The molecule has 0 aliphatic carbocycles. The third-order valence-electron chi connectivity index (χ3n) is 2.53. The second kappa shape index (κ2) is 5.85. The third kappa shape index (κ3) is 3.65. The summed E-state index contributed by atoms with van der Waals surface area (Å²) in [6.45, 7) is 2.35. The molecule has 1 unspecified atom stereocenters. The minimum atomic E-state index is -3.52.